The van der Waals surface area contributed by atoms with Gasteiger partial charge in [0.1, 0.15) is 11.5 Å². The molecule has 1 aliphatic rings. The molecule has 162 valence electrons. The average Bonchev–Trinajstić information content (AvgIpc) is 3.10. The molecule has 3 aromatic carbocycles. The quantitative estimate of drug-likeness (QED) is 0.310. The Morgan fingerprint density at radius 3 is 2.55 bits per heavy atom. The maximum atomic E-state index is 11.5. The fourth-order valence-electron chi connectivity index (χ4n) is 4.15. The van der Waals surface area contributed by atoms with E-state index in [9.17, 15) is 15.4 Å². The molecule has 0 saturated carbocycles. The second-order valence-corrected chi connectivity index (χ2v) is 7.71. The molecule has 0 bridgehead atoms. The molecule has 0 fully saturated rings. The molecule has 0 radical (unpaired) electrons. The number of para-hydroxylation sites is 2. The van der Waals surface area contributed by atoms with E-state index in [2.05, 4.69) is 16.7 Å². The van der Waals surface area contributed by atoms with Crippen molar-refractivity contribution in [1.82, 2.24) is 9.78 Å². The molecule has 8 nitrogen and oxygen atoms in total. The molecule has 8 heteroatoms. The molecule has 0 unspecified atom stereocenters. The van der Waals surface area contributed by atoms with Gasteiger partial charge in [-0.25, -0.2) is 4.68 Å². The van der Waals surface area contributed by atoms with Crippen molar-refractivity contribution >= 4 is 22.9 Å². The zero-order valence-electron chi connectivity index (χ0n) is 17.6. The Morgan fingerprint density at radius 2 is 1.79 bits per heavy atom. The number of nitrogens with zero attached hydrogens (tertiary/aromatic N) is 4. The van der Waals surface area contributed by atoms with Crippen LogP contribution in [0.1, 0.15) is 23.6 Å². The monoisotopic (exact) mass is 436 g/mol. The minimum absolute atomic E-state index is 0.0273. The number of aromatic nitrogens is 2. The zero-order chi connectivity index (χ0) is 22.8. The van der Waals surface area contributed by atoms with Crippen LogP contribution in [0.2, 0.25) is 0 Å². The van der Waals surface area contributed by atoms with Crippen molar-refractivity contribution in [2.45, 2.75) is 19.0 Å². The van der Waals surface area contributed by atoms with Gasteiger partial charge in [0.15, 0.2) is 0 Å². The maximum Gasteiger partial charge on any atom is 0.269 e. The lowest BCUT2D eigenvalue weighted by Gasteiger charge is -2.20. The predicted molar refractivity (Wildman–Crippen MR) is 126 cm³/mol. The number of non-ortho nitro benzene ring substituents is 1. The van der Waals surface area contributed by atoms with Gasteiger partial charge in [-0.15, -0.1) is 0 Å². The van der Waals surface area contributed by atoms with E-state index in [0.717, 1.165) is 39.6 Å². The van der Waals surface area contributed by atoms with Gasteiger partial charge in [-0.3, -0.25) is 10.1 Å². The Kier molecular flexibility index (Phi) is 5.21. The van der Waals surface area contributed by atoms with Crippen LogP contribution < -0.4 is 10.6 Å². The van der Waals surface area contributed by atoms with Crippen molar-refractivity contribution in [3.8, 4) is 17.3 Å². The number of hydrogen-bond acceptors (Lipinski definition) is 6. The average molecular weight is 436 g/mol. The Balaban J connectivity index is 1.77. The molecule has 1 aromatic heterocycles. The Bertz CT molecular complexity index is 1370. The molecule has 0 aliphatic carbocycles. The van der Waals surface area contributed by atoms with E-state index in [1.807, 2.05) is 65.3 Å². The number of fused-ring (bicyclic) bond motifs is 2. The van der Waals surface area contributed by atoms with Crippen LogP contribution in [0.15, 0.2) is 78.9 Å². The molecule has 1 atom stereocenters. The number of nitro groups is 1. The number of rotatable bonds is 5. The van der Waals surface area contributed by atoms with Gasteiger partial charge in [0.25, 0.3) is 5.69 Å². The Hall–Kier alpha value is -4.64. The van der Waals surface area contributed by atoms with E-state index in [1.165, 1.54) is 6.07 Å². The third-order valence-corrected chi connectivity index (χ3v) is 5.65. The SMILES string of the molecule is N#CCCn1nc(-c2ccccc2)c2c1Nc1ccccc1N[C@H]2c1cccc([N+](=O)[O-])c1. The van der Waals surface area contributed by atoms with E-state index >= 15 is 0 Å². The molecular formula is C25H20N6O2. The van der Waals surface area contributed by atoms with Crippen molar-refractivity contribution in [2.75, 3.05) is 10.6 Å². The topological polar surface area (TPSA) is 109 Å². The fraction of sp³-hybridized carbons (Fsp3) is 0.120. The van der Waals surface area contributed by atoms with Gasteiger partial charge in [0.05, 0.1) is 41.4 Å². The second kappa shape index (κ2) is 8.48. The molecule has 33 heavy (non-hydrogen) atoms. The predicted octanol–water partition coefficient (Wildman–Crippen LogP) is 5.63. The Labute approximate surface area is 190 Å². The summed E-state index contributed by atoms with van der Waals surface area (Å²) in [4.78, 5) is 11.1. The van der Waals surface area contributed by atoms with E-state index in [1.54, 1.807) is 12.1 Å². The highest BCUT2D eigenvalue weighted by Gasteiger charge is 2.31. The largest absolute Gasteiger partial charge is 0.372 e. The maximum absolute atomic E-state index is 11.5. The van der Waals surface area contributed by atoms with Crippen LogP contribution in [0, 0.1) is 21.4 Å². The molecule has 0 saturated heterocycles. The number of nitriles is 1. The van der Waals surface area contributed by atoms with Crippen molar-refractivity contribution in [1.29, 1.82) is 5.26 Å². The highest BCUT2D eigenvalue weighted by Crippen LogP contribution is 2.44. The van der Waals surface area contributed by atoms with Crippen LogP contribution in [0.5, 0.6) is 0 Å². The van der Waals surface area contributed by atoms with Gasteiger partial charge in [-0.1, -0.05) is 54.6 Å². The van der Waals surface area contributed by atoms with E-state index in [-0.39, 0.29) is 10.6 Å². The smallest absolute Gasteiger partial charge is 0.269 e. The van der Waals surface area contributed by atoms with Crippen molar-refractivity contribution < 1.29 is 4.92 Å². The summed E-state index contributed by atoms with van der Waals surface area (Å²) in [6.07, 6.45) is 0.306. The Morgan fingerprint density at radius 1 is 1.03 bits per heavy atom. The second-order valence-electron chi connectivity index (χ2n) is 7.71. The summed E-state index contributed by atoms with van der Waals surface area (Å²) in [5.41, 5.74) is 5.07. The van der Waals surface area contributed by atoms with Gasteiger partial charge in [0, 0.05) is 23.3 Å². The van der Waals surface area contributed by atoms with Crippen LogP contribution in [-0.2, 0) is 6.54 Å². The summed E-state index contributed by atoms with van der Waals surface area (Å²) in [6, 6.07) is 26.1. The third kappa shape index (κ3) is 3.77. The van der Waals surface area contributed by atoms with Crippen molar-refractivity contribution in [2.24, 2.45) is 0 Å². The lowest BCUT2D eigenvalue weighted by Crippen LogP contribution is -2.12. The minimum Gasteiger partial charge on any atom is -0.372 e. The van der Waals surface area contributed by atoms with Gasteiger partial charge < -0.3 is 10.6 Å². The van der Waals surface area contributed by atoms with E-state index in [0.29, 0.717) is 13.0 Å². The molecule has 5 rings (SSSR count). The third-order valence-electron chi connectivity index (χ3n) is 5.65. The molecule has 2 heterocycles. The molecule has 4 aromatic rings. The molecule has 2 N–H and O–H groups in total. The van der Waals surface area contributed by atoms with Crippen LogP contribution in [0.4, 0.5) is 22.9 Å². The molecule has 0 spiro atoms. The first-order valence-corrected chi connectivity index (χ1v) is 10.6. The first-order valence-electron chi connectivity index (χ1n) is 10.6. The van der Waals surface area contributed by atoms with Crippen LogP contribution >= 0.6 is 0 Å². The number of aryl methyl sites for hydroxylation is 1. The van der Waals surface area contributed by atoms with Gasteiger partial charge in [0.2, 0.25) is 0 Å². The summed E-state index contributed by atoms with van der Waals surface area (Å²) < 4.78 is 1.81. The van der Waals surface area contributed by atoms with Crippen molar-refractivity contribution in [3.63, 3.8) is 0 Å². The summed E-state index contributed by atoms with van der Waals surface area (Å²) in [5.74, 6) is 0.762. The van der Waals surface area contributed by atoms with Gasteiger partial charge in [-0.2, -0.15) is 10.4 Å². The lowest BCUT2D eigenvalue weighted by molar-refractivity contribution is -0.384. The summed E-state index contributed by atoms with van der Waals surface area (Å²) in [5, 5.41) is 32.6. The van der Waals surface area contributed by atoms with Crippen LogP contribution in [0.3, 0.4) is 0 Å². The first kappa shape index (κ1) is 20.3. The number of benzene rings is 3. The summed E-state index contributed by atoms with van der Waals surface area (Å²) in [7, 11) is 0. The number of anilines is 3. The zero-order valence-corrected chi connectivity index (χ0v) is 17.6. The number of hydrogen-bond donors (Lipinski definition) is 2. The summed E-state index contributed by atoms with van der Waals surface area (Å²) in [6.45, 7) is 0.419. The minimum atomic E-state index is -0.401. The van der Waals surface area contributed by atoms with Crippen LogP contribution in [-0.4, -0.2) is 14.7 Å². The van der Waals surface area contributed by atoms with Crippen LogP contribution in [0.25, 0.3) is 11.3 Å². The first-order chi connectivity index (χ1) is 16.2. The number of nitrogens with one attached hydrogen (secondary N) is 2. The normalized spacial score (nSPS) is 14.1. The highest BCUT2D eigenvalue weighted by atomic mass is 16.6. The van der Waals surface area contributed by atoms with E-state index in [4.69, 9.17) is 5.10 Å². The van der Waals surface area contributed by atoms with E-state index < -0.39 is 6.04 Å². The molecule has 1 aliphatic heterocycles. The van der Waals surface area contributed by atoms with Gasteiger partial charge in [-0.05, 0) is 17.7 Å². The van der Waals surface area contributed by atoms with Gasteiger partial charge >= 0.3 is 0 Å². The standard InChI is InChI=1S/C25H20N6O2/c26-14-7-15-30-25-22(24(29-30)17-8-2-1-3-9-17)23(18-10-6-11-19(16-18)31(32)33)27-20-12-4-5-13-21(20)28-25/h1-6,8-13,16,23,27-28H,7,15H2/t23-/m0/s1. The molecule has 0 amide bonds. The van der Waals surface area contributed by atoms with Crippen molar-refractivity contribution in [3.05, 3.63) is 100 Å². The fourth-order valence-corrected chi connectivity index (χ4v) is 4.15. The molecular weight excluding hydrogens is 416 g/mol. The lowest BCUT2D eigenvalue weighted by atomic mass is 9.95. The highest BCUT2D eigenvalue weighted by molar-refractivity contribution is 5.83. The number of nitro benzene ring substituents is 1. The summed E-state index contributed by atoms with van der Waals surface area (Å²) >= 11 is 0.